The number of halogens is 1. The summed E-state index contributed by atoms with van der Waals surface area (Å²) in [5.74, 6) is 0. The normalized spacial score (nSPS) is 9.10. The monoisotopic (exact) mass is 165 g/mol. The quantitative estimate of drug-likeness (QED) is 0.613. The van der Waals surface area contributed by atoms with Crippen molar-refractivity contribution in [3.05, 3.63) is 12.7 Å². The van der Waals surface area contributed by atoms with Gasteiger partial charge < -0.3 is 10.0 Å². The van der Waals surface area contributed by atoms with Gasteiger partial charge in [0, 0.05) is 19.7 Å². The number of hydrogen-bond donors (Lipinski definition) is 1. The Morgan fingerprint density at radius 2 is 2.20 bits per heavy atom. The van der Waals surface area contributed by atoms with Crippen LogP contribution in [0.4, 0.5) is 0 Å². The van der Waals surface area contributed by atoms with E-state index >= 15 is 0 Å². The van der Waals surface area contributed by atoms with E-state index < -0.39 is 0 Å². The van der Waals surface area contributed by atoms with Crippen LogP contribution in [0.15, 0.2) is 12.7 Å². The molecule has 0 fully saturated rings. The molecule has 0 aromatic rings. The van der Waals surface area contributed by atoms with Crippen molar-refractivity contribution in [2.75, 3.05) is 26.7 Å². The van der Waals surface area contributed by atoms with Crippen molar-refractivity contribution in [3.8, 4) is 0 Å². The molecule has 1 N–H and O–H groups in total. The van der Waals surface area contributed by atoms with Crippen LogP contribution in [0.1, 0.15) is 6.42 Å². The number of rotatable bonds is 5. The lowest BCUT2D eigenvalue weighted by Crippen LogP contribution is -2.19. The highest BCUT2D eigenvalue weighted by Gasteiger charge is 1.91. The predicted molar refractivity (Wildman–Crippen MR) is 46.6 cm³/mol. The van der Waals surface area contributed by atoms with Crippen LogP contribution in [-0.4, -0.2) is 36.8 Å². The number of hydrogen-bond acceptors (Lipinski definition) is 2. The van der Waals surface area contributed by atoms with Crippen LogP contribution in [0.5, 0.6) is 0 Å². The Bertz CT molecular complexity index is 78.0. The Kier molecular flexibility index (Phi) is 11.3. The molecule has 10 heavy (non-hydrogen) atoms. The zero-order valence-electron chi connectivity index (χ0n) is 6.42. The first kappa shape index (κ1) is 12.6. The lowest BCUT2D eigenvalue weighted by Gasteiger charge is -2.11. The van der Waals surface area contributed by atoms with Crippen LogP contribution < -0.4 is 0 Å². The number of nitrogens with zero attached hydrogens (tertiary/aromatic N) is 1. The zero-order chi connectivity index (χ0) is 7.11. The summed E-state index contributed by atoms with van der Waals surface area (Å²) in [6, 6.07) is 0. The summed E-state index contributed by atoms with van der Waals surface area (Å²) in [6.07, 6.45) is 2.71. The molecule has 2 nitrogen and oxygen atoms in total. The van der Waals surface area contributed by atoms with Gasteiger partial charge in [-0.3, -0.25) is 0 Å². The van der Waals surface area contributed by atoms with Gasteiger partial charge in [-0.25, -0.2) is 0 Å². The standard InChI is InChI=1S/C7H15NO.ClH/c1-3-5-8(2)6-4-7-9;/h3,9H,1,4-7H2,2H3;1H. The second-order valence-electron chi connectivity index (χ2n) is 2.13. The predicted octanol–water partition coefficient (Wildman–Crippen LogP) is 0.908. The second kappa shape index (κ2) is 8.95. The van der Waals surface area contributed by atoms with Gasteiger partial charge >= 0.3 is 0 Å². The molecule has 0 aromatic heterocycles. The second-order valence-corrected chi connectivity index (χ2v) is 2.13. The average Bonchev–Trinajstić information content (AvgIpc) is 1.85. The zero-order valence-corrected chi connectivity index (χ0v) is 7.23. The molecular weight excluding hydrogens is 150 g/mol. The van der Waals surface area contributed by atoms with Crippen LogP contribution >= 0.6 is 12.4 Å². The van der Waals surface area contributed by atoms with Gasteiger partial charge in [0.05, 0.1) is 0 Å². The van der Waals surface area contributed by atoms with Crippen LogP contribution in [-0.2, 0) is 0 Å². The van der Waals surface area contributed by atoms with E-state index in [-0.39, 0.29) is 19.0 Å². The summed E-state index contributed by atoms with van der Waals surface area (Å²) in [7, 11) is 2.01. The van der Waals surface area contributed by atoms with Crippen molar-refractivity contribution in [1.29, 1.82) is 0 Å². The van der Waals surface area contributed by atoms with E-state index in [0.29, 0.717) is 0 Å². The van der Waals surface area contributed by atoms with Crippen molar-refractivity contribution in [2.24, 2.45) is 0 Å². The maximum Gasteiger partial charge on any atom is 0.0443 e. The third kappa shape index (κ3) is 7.95. The van der Waals surface area contributed by atoms with Crippen molar-refractivity contribution in [3.63, 3.8) is 0 Å². The molecule has 0 aliphatic rings. The minimum Gasteiger partial charge on any atom is -0.396 e. The fraction of sp³-hybridized carbons (Fsp3) is 0.714. The largest absolute Gasteiger partial charge is 0.396 e. The van der Waals surface area contributed by atoms with Crippen LogP contribution in [0, 0.1) is 0 Å². The summed E-state index contributed by atoms with van der Waals surface area (Å²) in [4.78, 5) is 2.11. The molecule has 0 unspecified atom stereocenters. The van der Waals surface area contributed by atoms with E-state index in [4.69, 9.17) is 5.11 Å². The topological polar surface area (TPSA) is 23.5 Å². The first-order valence-electron chi connectivity index (χ1n) is 3.21. The van der Waals surface area contributed by atoms with Gasteiger partial charge in [0.2, 0.25) is 0 Å². The van der Waals surface area contributed by atoms with Gasteiger partial charge in [-0.1, -0.05) is 6.08 Å². The first-order chi connectivity index (χ1) is 4.31. The minimum atomic E-state index is 0. The van der Waals surface area contributed by atoms with Gasteiger partial charge in [0.1, 0.15) is 0 Å². The van der Waals surface area contributed by atoms with E-state index in [1.165, 1.54) is 0 Å². The summed E-state index contributed by atoms with van der Waals surface area (Å²) in [5, 5.41) is 8.43. The SMILES string of the molecule is C=CCN(C)CCCO.Cl. The Morgan fingerprint density at radius 1 is 1.60 bits per heavy atom. The number of likely N-dealkylation sites (N-methyl/N-ethyl adjacent to an activating group) is 1. The number of aliphatic hydroxyl groups excluding tert-OH is 1. The lowest BCUT2D eigenvalue weighted by atomic mass is 10.4. The first-order valence-corrected chi connectivity index (χ1v) is 3.21. The fourth-order valence-corrected chi connectivity index (χ4v) is 0.652. The van der Waals surface area contributed by atoms with Crippen LogP contribution in [0.2, 0.25) is 0 Å². The molecule has 0 aromatic carbocycles. The van der Waals surface area contributed by atoms with Gasteiger partial charge in [0.25, 0.3) is 0 Å². The lowest BCUT2D eigenvalue weighted by molar-refractivity contribution is 0.256. The molecule has 0 rings (SSSR count). The van der Waals surface area contributed by atoms with E-state index in [1.54, 1.807) is 0 Å². The van der Waals surface area contributed by atoms with Gasteiger partial charge in [0.15, 0.2) is 0 Å². The highest BCUT2D eigenvalue weighted by atomic mass is 35.5. The fourth-order valence-electron chi connectivity index (χ4n) is 0.652. The molecule has 0 heterocycles. The van der Waals surface area contributed by atoms with Crippen molar-refractivity contribution in [1.82, 2.24) is 4.90 Å². The van der Waals surface area contributed by atoms with E-state index in [0.717, 1.165) is 19.5 Å². The summed E-state index contributed by atoms with van der Waals surface area (Å²) in [6.45, 7) is 5.73. The molecular formula is C7H16ClNO. The maximum atomic E-state index is 8.43. The Labute approximate surface area is 68.9 Å². The molecule has 0 aliphatic heterocycles. The van der Waals surface area contributed by atoms with Crippen molar-refractivity contribution >= 4 is 12.4 Å². The average molecular weight is 166 g/mol. The molecule has 0 atom stereocenters. The molecule has 0 saturated carbocycles. The molecule has 0 radical (unpaired) electrons. The maximum absolute atomic E-state index is 8.43. The van der Waals surface area contributed by atoms with E-state index in [9.17, 15) is 0 Å². The molecule has 0 saturated heterocycles. The summed E-state index contributed by atoms with van der Waals surface area (Å²) in [5.41, 5.74) is 0. The molecule has 62 valence electrons. The Morgan fingerprint density at radius 3 is 2.60 bits per heavy atom. The molecule has 0 bridgehead atoms. The molecule has 0 spiro atoms. The highest BCUT2D eigenvalue weighted by Crippen LogP contribution is 1.84. The Hall–Kier alpha value is -0.0500. The molecule has 0 aliphatic carbocycles. The van der Waals surface area contributed by atoms with Crippen molar-refractivity contribution < 1.29 is 5.11 Å². The molecule has 0 amide bonds. The highest BCUT2D eigenvalue weighted by molar-refractivity contribution is 5.85. The van der Waals surface area contributed by atoms with Gasteiger partial charge in [-0.15, -0.1) is 19.0 Å². The van der Waals surface area contributed by atoms with Gasteiger partial charge in [-0.05, 0) is 13.5 Å². The summed E-state index contributed by atoms with van der Waals surface area (Å²) >= 11 is 0. The van der Waals surface area contributed by atoms with Crippen LogP contribution in [0.25, 0.3) is 0 Å². The summed E-state index contributed by atoms with van der Waals surface area (Å²) < 4.78 is 0. The van der Waals surface area contributed by atoms with Crippen molar-refractivity contribution in [2.45, 2.75) is 6.42 Å². The third-order valence-electron chi connectivity index (χ3n) is 1.14. The Balaban J connectivity index is 0. The third-order valence-corrected chi connectivity index (χ3v) is 1.14. The smallest absolute Gasteiger partial charge is 0.0443 e. The van der Waals surface area contributed by atoms with E-state index in [2.05, 4.69) is 11.5 Å². The van der Waals surface area contributed by atoms with Crippen LogP contribution in [0.3, 0.4) is 0 Å². The minimum absolute atomic E-state index is 0. The van der Waals surface area contributed by atoms with E-state index in [1.807, 2.05) is 13.1 Å². The molecule has 3 heteroatoms. The number of aliphatic hydroxyl groups is 1. The van der Waals surface area contributed by atoms with Gasteiger partial charge in [-0.2, -0.15) is 0 Å².